The van der Waals surface area contributed by atoms with Gasteiger partial charge in [0.1, 0.15) is 0 Å². The van der Waals surface area contributed by atoms with E-state index in [2.05, 4.69) is 0 Å². The Morgan fingerprint density at radius 2 is 1.14 bits per heavy atom. The Balaban J connectivity index is -0.0000000800. The van der Waals surface area contributed by atoms with Gasteiger partial charge in [0.05, 0.1) is 0 Å². The van der Waals surface area contributed by atoms with Crippen molar-refractivity contribution in [1.82, 2.24) is 0 Å². The van der Waals surface area contributed by atoms with Crippen LogP contribution in [-0.4, -0.2) is 40.6 Å². The summed E-state index contributed by atoms with van der Waals surface area (Å²) in [6.45, 7) is 0. The smallest absolute Gasteiger partial charge is 0.759 e. The fourth-order valence-electron chi connectivity index (χ4n) is 0. The maximum Gasteiger partial charge on any atom is 2.00 e. The minimum atomic E-state index is -5.17. The average Bonchev–Trinajstić information content (AvgIpc) is 0.722. The van der Waals surface area contributed by atoms with Crippen molar-refractivity contribution in [3.63, 3.8) is 0 Å². The molecule has 0 aromatic heterocycles. The third-order valence-electron chi connectivity index (χ3n) is 0. The largest absolute Gasteiger partial charge is 2.00 e. The van der Waals surface area contributed by atoms with Crippen LogP contribution in [0, 0.1) is 0 Å². The first kappa shape index (κ1) is 15.7. The zero-order chi connectivity index (χ0) is 4.50. The minimum absolute atomic E-state index is 0. The summed E-state index contributed by atoms with van der Waals surface area (Å²) in [5.74, 6) is 0. The molecule has 0 aromatic rings. The second-order valence-electron chi connectivity index (χ2n) is 0.408. The summed E-state index contributed by atoms with van der Waals surface area (Å²) in [6.07, 6.45) is 0. The summed E-state index contributed by atoms with van der Waals surface area (Å²) in [4.78, 5) is 0. The van der Waals surface area contributed by atoms with Gasteiger partial charge in [-0.05, 0) is 0 Å². The van der Waals surface area contributed by atoms with Gasteiger partial charge in [-0.1, -0.05) is 0 Å². The van der Waals surface area contributed by atoms with E-state index in [1.54, 1.807) is 0 Å². The molecule has 0 bridgehead atoms. The predicted molar refractivity (Wildman–Crippen MR) is 16.2 cm³/mol. The van der Waals surface area contributed by atoms with Crippen molar-refractivity contribution in [2.24, 2.45) is 0 Å². The quantitative estimate of drug-likeness (QED) is 0.256. The predicted octanol–water partition coefficient (Wildman–Crippen LogP) is -1.72. The van der Waals surface area contributed by atoms with Crippen molar-refractivity contribution in [2.75, 3.05) is 0 Å². The van der Waals surface area contributed by atoms with Crippen molar-refractivity contribution in [1.29, 1.82) is 0 Å². The SMILES string of the molecule is O=S(=O)([O-])[O-].[Mg+2].[Zn]. The second kappa shape index (κ2) is 5.40. The van der Waals surface area contributed by atoms with Crippen LogP contribution < -0.4 is 0 Å². The second-order valence-corrected chi connectivity index (χ2v) is 1.22. The summed E-state index contributed by atoms with van der Waals surface area (Å²) in [6, 6.07) is 0. The zero-order valence-electron chi connectivity index (χ0n) is 3.46. The first-order valence-corrected chi connectivity index (χ1v) is 2.00. The van der Waals surface area contributed by atoms with Gasteiger partial charge < -0.3 is 9.11 Å². The number of hydrogen-bond donors (Lipinski definition) is 0. The Bertz CT molecular complexity index is 94.9. The Kier molecular flexibility index (Phi) is 12.1. The zero-order valence-corrected chi connectivity index (χ0v) is 8.65. The molecule has 0 N–H and O–H groups in total. The monoisotopic (exact) mass is 184 g/mol. The summed E-state index contributed by atoms with van der Waals surface area (Å²) in [5, 5.41) is 0. The molecule has 0 aromatic carbocycles. The van der Waals surface area contributed by atoms with E-state index in [4.69, 9.17) is 17.5 Å². The van der Waals surface area contributed by atoms with Crippen LogP contribution in [0.25, 0.3) is 0 Å². The molecule has 0 amide bonds. The van der Waals surface area contributed by atoms with E-state index in [1.165, 1.54) is 0 Å². The summed E-state index contributed by atoms with van der Waals surface area (Å²) < 4.78 is 34.1. The van der Waals surface area contributed by atoms with E-state index in [0.29, 0.717) is 0 Å². The van der Waals surface area contributed by atoms with E-state index in [9.17, 15) is 0 Å². The molecule has 0 saturated heterocycles. The maximum atomic E-state index is 8.52. The van der Waals surface area contributed by atoms with Gasteiger partial charge in [0.25, 0.3) is 0 Å². The van der Waals surface area contributed by atoms with E-state index in [0.717, 1.165) is 0 Å². The fourth-order valence-corrected chi connectivity index (χ4v) is 0. The molecule has 0 radical (unpaired) electrons. The third kappa shape index (κ3) is 127. The fraction of sp³-hybridized carbons (Fsp3) is 0. The van der Waals surface area contributed by atoms with Crippen LogP contribution in [0.4, 0.5) is 0 Å². The Morgan fingerprint density at radius 1 is 1.14 bits per heavy atom. The molecule has 0 atom stereocenters. The summed E-state index contributed by atoms with van der Waals surface area (Å²) >= 11 is 0. The maximum absolute atomic E-state index is 8.52. The molecule has 0 saturated carbocycles. The molecule has 0 rings (SSSR count). The Morgan fingerprint density at radius 3 is 1.14 bits per heavy atom. The first-order valence-electron chi connectivity index (χ1n) is 0.667. The Hall–Kier alpha value is 1.26. The van der Waals surface area contributed by atoms with Gasteiger partial charge in [-0.25, -0.2) is 0 Å². The van der Waals surface area contributed by atoms with Crippen molar-refractivity contribution in [2.45, 2.75) is 0 Å². The van der Waals surface area contributed by atoms with Gasteiger partial charge in [-0.2, -0.15) is 0 Å². The van der Waals surface area contributed by atoms with Gasteiger partial charge in [0.15, 0.2) is 0 Å². The molecule has 0 heterocycles. The van der Waals surface area contributed by atoms with E-state index in [-0.39, 0.29) is 42.5 Å². The topological polar surface area (TPSA) is 80.3 Å². The van der Waals surface area contributed by atoms with Crippen LogP contribution >= 0.6 is 0 Å². The van der Waals surface area contributed by atoms with Crippen LogP contribution in [0.3, 0.4) is 0 Å². The standard InChI is InChI=1S/Mg.H2O4S.Zn/c;1-5(2,3)4;/h;(H2,1,2,3,4);/q+2;;/p-2. The molecule has 0 unspecified atom stereocenters. The normalized spacial score (nSPS) is 8.29. The van der Waals surface area contributed by atoms with Crippen molar-refractivity contribution in [3.8, 4) is 0 Å². The third-order valence-corrected chi connectivity index (χ3v) is 0. The van der Waals surface area contributed by atoms with Crippen molar-refractivity contribution in [3.05, 3.63) is 0 Å². The molecular formula is MgO4SZn. The van der Waals surface area contributed by atoms with Gasteiger partial charge in [-0.3, -0.25) is 8.42 Å². The molecule has 0 aliphatic carbocycles. The molecule has 4 nitrogen and oxygen atoms in total. The van der Waals surface area contributed by atoms with Gasteiger partial charge >= 0.3 is 23.1 Å². The molecule has 7 heteroatoms. The average molecular weight is 186 g/mol. The van der Waals surface area contributed by atoms with Crippen molar-refractivity contribution < 1.29 is 37.0 Å². The molecule has 0 aliphatic rings. The van der Waals surface area contributed by atoms with E-state index >= 15 is 0 Å². The molecule has 7 heavy (non-hydrogen) atoms. The molecule has 0 spiro atoms. The number of hydrogen-bond acceptors (Lipinski definition) is 4. The van der Waals surface area contributed by atoms with Crippen molar-refractivity contribution >= 4 is 33.5 Å². The molecule has 0 aliphatic heterocycles. The van der Waals surface area contributed by atoms with Crippen LogP contribution in [0.15, 0.2) is 0 Å². The molecule has 34 valence electrons. The summed E-state index contributed by atoms with van der Waals surface area (Å²) in [5.41, 5.74) is 0. The van der Waals surface area contributed by atoms with Gasteiger partial charge in [-0.15, -0.1) is 0 Å². The Labute approximate surface area is 70.2 Å². The van der Waals surface area contributed by atoms with E-state index in [1.807, 2.05) is 0 Å². The minimum Gasteiger partial charge on any atom is -0.759 e. The van der Waals surface area contributed by atoms with Crippen LogP contribution in [-0.2, 0) is 29.9 Å². The van der Waals surface area contributed by atoms with Crippen LogP contribution in [0.1, 0.15) is 0 Å². The molecule has 0 fully saturated rings. The molecular weight excluding hydrogens is 186 g/mol. The summed E-state index contributed by atoms with van der Waals surface area (Å²) in [7, 11) is -5.17. The van der Waals surface area contributed by atoms with E-state index < -0.39 is 10.4 Å². The van der Waals surface area contributed by atoms with Crippen LogP contribution in [0.2, 0.25) is 0 Å². The number of rotatable bonds is 0. The van der Waals surface area contributed by atoms with Crippen LogP contribution in [0.5, 0.6) is 0 Å². The first-order chi connectivity index (χ1) is 2.00. The van der Waals surface area contributed by atoms with Gasteiger partial charge in [0.2, 0.25) is 0 Å². The van der Waals surface area contributed by atoms with Gasteiger partial charge in [0, 0.05) is 29.9 Å².